The van der Waals surface area contributed by atoms with Gasteiger partial charge in [0.15, 0.2) is 0 Å². The van der Waals surface area contributed by atoms with Crippen LogP contribution in [0.15, 0.2) is 24.3 Å². The van der Waals surface area contributed by atoms with Crippen molar-refractivity contribution in [2.24, 2.45) is 11.8 Å². The maximum atomic E-state index is 3.64. The summed E-state index contributed by atoms with van der Waals surface area (Å²) in [6.45, 7) is 7.90. The molecule has 0 amide bonds. The van der Waals surface area contributed by atoms with Gasteiger partial charge in [-0.3, -0.25) is 0 Å². The molecular formula is C18H29N. The van der Waals surface area contributed by atoms with Crippen LogP contribution in [0, 0.1) is 18.8 Å². The fourth-order valence-corrected chi connectivity index (χ4v) is 3.35. The topological polar surface area (TPSA) is 12.0 Å². The standard InChI is InChI=1S/C18H29N/c1-14(2)19-13-18-10-5-4-9-17(18)12-16-8-6-7-15(3)11-16/h6-8,11,14,17-19H,4-5,9-10,12-13H2,1-3H3. The Labute approximate surface area is 118 Å². The summed E-state index contributed by atoms with van der Waals surface area (Å²) in [5.74, 6) is 1.75. The summed E-state index contributed by atoms with van der Waals surface area (Å²) in [5.41, 5.74) is 2.92. The molecule has 1 nitrogen and oxygen atoms in total. The summed E-state index contributed by atoms with van der Waals surface area (Å²) < 4.78 is 0. The van der Waals surface area contributed by atoms with E-state index in [-0.39, 0.29) is 0 Å². The Morgan fingerprint density at radius 2 is 1.89 bits per heavy atom. The minimum Gasteiger partial charge on any atom is -0.314 e. The SMILES string of the molecule is Cc1cccc(CC2CCCCC2CNC(C)C)c1. The van der Waals surface area contributed by atoms with E-state index in [0.717, 1.165) is 11.8 Å². The van der Waals surface area contributed by atoms with Crippen LogP contribution in [-0.4, -0.2) is 12.6 Å². The van der Waals surface area contributed by atoms with E-state index < -0.39 is 0 Å². The third-order valence-electron chi connectivity index (χ3n) is 4.44. The summed E-state index contributed by atoms with van der Waals surface area (Å²) in [4.78, 5) is 0. The smallest absolute Gasteiger partial charge is 0.00104 e. The van der Waals surface area contributed by atoms with Crippen molar-refractivity contribution >= 4 is 0 Å². The third-order valence-corrected chi connectivity index (χ3v) is 4.44. The Morgan fingerprint density at radius 3 is 2.58 bits per heavy atom. The van der Waals surface area contributed by atoms with Crippen molar-refractivity contribution in [3.63, 3.8) is 0 Å². The molecule has 0 heterocycles. The lowest BCUT2D eigenvalue weighted by molar-refractivity contribution is 0.224. The third kappa shape index (κ3) is 4.65. The van der Waals surface area contributed by atoms with Gasteiger partial charge in [0.05, 0.1) is 0 Å². The molecular weight excluding hydrogens is 230 g/mol. The van der Waals surface area contributed by atoms with Gasteiger partial charge >= 0.3 is 0 Å². The second kappa shape index (κ2) is 7.09. The summed E-state index contributed by atoms with van der Waals surface area (Å²) in [5, 5.41) is 3.64. The van der Waals surface area contributed by atoms with Gasteiger partial charge in [-0.2, -0.15) is 0 Å². The molecule has 1 aliphatic carbocycles. The number of hydrogen-bond donors (Lipinski definition) is 1. The van der Waals surface area contributed by atoms with Crippen molar-refractivity contribution in [2.75, 3.05) is 6.54 Å². The predicted molar refractivity (Wildman–Crippen MR) is 83.5 cm³/mol. The molecule has 1 heteroatoms. The van der Waals surface area contributed by atoms with Crippen LogP contribution in [0.2, 0.25) is 0 Å². The highest BCUT2D eigenvalue weighted by atomic mass is 14.9. The molecule has 1 aromatic carbocycles. The molecule has 1 aliphatic rings. The van der Waals surface area contributed by atoms with Crippen LogP contribution in [0.25, 0.3) is 0 Å². The first kappa shape index (κ1) is 14.6. The monoisotopic (exact) mass is 259 g/mol. The maximum absolute atomic E-state index is 3.64. The minimum atomic E-state index is 0.613. The zero-order valence-corrected chi connectivity index (χ0v) is 12.8. The van der Waals surface area contributed by atoms with Crippen molar-refractivity contribution in [1.29, 1.82) is 0 Å². The molecule has 2 unspecified atom stereocenters. The fourth-order valence-electron chi connectivity index (χ4n) is 3.35. The first-order valence-corrected chi connectivity index (χ1v) is 7.94. The number of nitrogens with one attached hydrogen (secondary N) is 1. The van der Waals surface area contributed by atoms with Crippen molar-refractivity contribution < 1.29 is 0 Å². The van der Waals surface area contributed by atoms with E-state index in [1.165, 1.54) is 49.8 Å². The maximum Gasteiger partial charge on any atom is 0.00104 e. The van der Waals surface area contributed by atoms with Gasteiger partial charge in [-0.25, -0.2) is 0 Å². The molecule has 1 aromatic rings. The van der Waals surface area contributed by atoms with Crippen LogP contribution in [0.3, 0.4) is 0 Å². The number of rotatable bonds is 5. The second-order valence-corrected chi connectivity index (χ2v) is 6.56. The highest BCUT2D eigenvalue weighted by Crippen LogP contribution is 2.32. The van der Waals surface area contributed by atoms with E-state index in [1.54, 1.807) is 0 Å². The van der Waals surface area contributed by atoms with Crippen LogP contribution in [-0.2, 0) is 6.42 Å². The van der Waals surface area contributed by atoms with Crippen LogP contribution >= 0.6 is 0 Å². The molecule has 0 spiro atoms. The molecule has 0 radical (unpaired) electrons. The number of aryl methyl sites for hydroxylation is 1. The zero-order valence-electron chi connectivity index (χ0n) is 12.8. The Hall–Kier alpha value is -0.820. The average Bonchev–Trinajstić information content (AvgIpc) is 2.38. The highest BCUT2D eigenvalue weighted by Gasteiger charge is 2.25. The summed E-state index contributed by atoms with van der Waals surface area (Å²) in [6.07, 6.45) is 6.95. The van der Waals surface area contributed by atoms with E-state index in [1.807, 2.05) is 0 Å². The van der Waals surface area contributed by atoms with Crippen molar-refractivity contribution in [2.45, 2.75) is 58.9 Å². The lowest BCUT2D eigenvalue weighted by Crippen LogP contribution is -2.34. The first-order valence-electron chi connectivity index (χ1n) is 7.94. The summed E-state index contributed by atoms with van der Waals surface area (Å²) in [7, 11) is 0. The lowest BCUT2D eigenvalue weighted by atomic mass is 9.76. The molecule has 1 N–H and O–H groups in total. The van der Waals surface area contributed by atoms with Gasteiger partial charge < -0.3 is 5.32 Å². The van der Waals surface area contributed by atoms with Gasteiger partial charge in [0.2, 0.25) is 0 Å². The van der Waals surface area contributed by atoms with E-state index in [0.29, 0.717) is 6.04 Å². The van der Waals surface area contributed by atoms with Gasteiger partial charge in [-0.1, -0.05) is 56.5 Å². The molecule has 1 saturated carbocycles. The largest absolute Gasteiger partial charge is 0.314 e. The van der Waals surface area contributed by atoms with Gasteiger partial charge in [-0.15, -0.1) is 0 Å². The minimum absolute atomic E-state index is 0.613. The van der Waals surface area contributed by atoms with Gasteiger partial charge in [-0.05, 0) is 50.1 Å². The van der Waals surface area contributed by atoms with Crippen molar-refractivity contribution in [3.8, 4) is 0 Å². The fraction of sp³-hybridized carbons (Fsp3) is 0.667. The molecule has 19 heavy (non-hydrogen) atoms. The van der Waals surface area contributed by atoms with Crippen LogP contribution in [0.1, 0.15) is 50.7 Å². The van der Waals surface area contributed by atoms with Crippen molar-refractivity contribution in [3.05, 3.63) is 35.4 Å². The Morgan fingerprint density at radius 1 is 1.16 bits per heavy atom. The Balaban J connectivity index is 1.95. The zero-order chi connectivity index (χ0) is 13.7. The van der Waals surface area contributed by atoms with E-state index >= 15 is 0 Å². The second-order valence-electron chi connectivity index (χ2n) is 6.56. The average molecular weight is 259 g/mol. The van der Waals surface area contributed by atoms with Crippen molar-refractivity contribution in [1.82, 2.24) is 5.32 Å². The predicted octanol–water partition coefficient (Wildman–Crippen LogP) is 4.34. The Kier molecular flexibility index (Phi) is 5.45. The summed E-state index contributed by atoms with van der Waals surface area (Å²) in [6, 6.07) is 9.68. The molecule has 2 atom stereocenters. The Bertz CT molecular complexity index is 383. The molecule has 0 aliphatic heterocycles. The van der Waals surface area contributed by atoms with E-state index in [4.69, 9.17) is 0 Å². The van der Waals surface area contributed by atoms with E-state index in [9.17, 15) is 0 Å². The quantitative estimate of drug-likeness (QED) is 0.829. The number of hydrogen-bond acceptors (Lipinski definition) is 1. The van der Waals surface area contributed by atoms with Crippen LogP contribution < -0.4 is 5.32 Å². The molecule has 0 aromatic heterocycles. The first-order chi connectivity index (χ1) is 9.15. The highest BCUT2D eigenvalue weighted by molar-refractivity contribution is 5.22. The summed E-state index contributed by atoms with van der Waals surface area (Å²) >= 11 is 0. The molecule has 0 saturated heterocycles. The van der Waals surface area contributed by atoms with Crippen LogP contribution in [0.4, 0.5) is 0 Å². The van der Waals surface area contributed by atoms with E-state index in [2.05, 4.69) is 50.4 Å². The van der Waals surface area contributed by atoms with Gasteiger partial charge in [0.1, 0.15) is 0 Å². The van der Waals surface area contributed by atoms with Crippen LogP contribution in [0.5, 0.6) is 0 Å². The molecule has 1 fully saturated rings. The molecule has 2 rings (SSSR count). The number of benzene rings is 1. The lowest BCUT2D eigenvalue weighted by Gasteiger charge is -2.32. The van der Waals surface area contributed by atoms with Gasteiger partial charge in [0.25, 0.3) is 0 Å². The normalized spacial score (nSPS) is 23.8. The molecule has 106 valence electrons. The van der Waals surface area contributed by atoms with Gasteiger partial charge in [0, 0.05) is 6.04 Å². The molecule has 0 bridgehead atoms.